The molecule has 0 fully saturated rings. The van der Waals surface area contributed by atoms with Crippen LogP contribution >= 0.6 is 0 Å². The fourth-order valence-electron chi connectivity index (χ4n) is 1.43. The fourth-order valence-corrected chi connectivity index (χ4v) is 1.43. The number of aliphatic hydroxyl groups excluding tert-OH is 2. The largest absolute Gasteiger partial charge is 0.395 e. The third-order valence-electron chi connectivity index (χ3n) is 2.16. The van der Waals surface area contributed by atoms with E-state index in [1.807, 2.05) is 6.07 Å². The predicted molar refractivity (Wildman–Crippen MR) is 57.5 cm³/mol. The fraction of sp³-hybridized carbons (Fsp3) is 0.364. The number of hydrogen-bond donors (Lipinski definition) is 2. The van der Waals surface area contributed by atoms with Gasteiger partial charge in [-0.3, -0.25) is 0 Å². The third kappa shape index (κ3) is 2.92. The van der Waals surface area contributed by atoms with E-state index < -0.39 is 5.82 Å². The number of benzene rings is 1. The number of anilines is 1. The summed E-state index contributed by atoms with van der Waals surface area (Å²) in [4.78, 5) is 1.52. The summed E-state index contributed by atoms with van der Waals surface area (Å²) in [5.41, 5.74) is 0.524. The third-order valence-corrected chi connectivity index (χ3v) is 2.16. The molecule has 0 aliphatic rings. The minimum Gasteiger partial charge on any atom is -0.395 e. The van der Waals surface area contributed by atoms with Crippen LogP contribution in [0.4, 0.5) is 10.1 Å². The summed E-state index contributed by atoms with van der Waals surface area (Å²) in [7, 11) is 0. The molecule has 0 aromatic heterocycles. The first kappa shape index (κ1) is 12.4. The lowest BCUT2D eigenvalue weighted by molar-refractivity contribution is 0.280. The van der Waals surface area contributed by atoms with Crippen molar-refractivity contribution in [1.29, 1.82) is 5.26 Å². The van der Waals surface area contributed by atoms with E-state index >= 15 is 0 Å². The van der Waals surface area contributed by atoms with Gasteiger partial charge in [0.15, 0.2) is 0 Å². The Labute approximate surface area is 93.2 Å². The number of rotatable bonds is 5. The Bertz CT molecular complexity index is 384. The molecular weight excluding hydrogens is 211 g/mol. The Hall–Kier alpha value is -1.64. The second kappa shape index (κ2) is 6.05. The number of hydrogen-bond acceptors (Lipinski definition) is 4. The SMILES string of the molecule is N#Cc1ccc(N(CCO)CCO)c(F)c1. The molecule has 4 nitrogen and oxygen atoms in total. The number of aliphatic hydroxyl groups is 2. The van der Waals surface area contributed by atoms with Crippen LogP contribution in [0.25, 0.3) is 0 Å². The topological polar surface area (TPSA) is 67.5 Å². The number of halogens is 1. The van der Waals surface area contributed by atoms with Crippen LogP contribution in [0.5, 0.6) is 0 Å². The molecule has 86 valence electrons. The zero-order valence-corrected chi connectivity index (χ0v) is 8.73. The smallest absolute Gasteiger partial charge is 0.147 e. The highest BCUT2D eigenvalue weighted by molar-refractivity contribution is 5.51. The van der Waals surface area contributed by atoms with Crippen LogP contribution in [0.3, 0.4) is 0 Å². The summed E-state index contributed by atoms with van der Waals surface area (Å²) in [6.45, 7) is 0.228. The molecule has 0 radical (unpaired) electrons. The zero-order valence-electron chi connectivity index (χ0n) is 8.73. The molecule has 0 saturated heterocycles. The Morgan fingerprint density at radius 2 is 1.88 bits per heavy atom. The van der Waals surface area contributed by atoms with E-state index in [2.05, 4.69) is 0 Å². The van der Waals surface area contributed by atoms with Gasteiger partial charge >= 0.3 is 0 Å². The Kier molecular flexibility index (Phi) is 4.70. The van der Waals surface area contributed by atoms with Gasteiger partial charge in [0.25, 0.3) is 0 Å². The lowest BCUT2D eigenvalue weighted by atomic mass is 10.2. The van der Waals surface area contributed by atoms with Gasteiger partial charge in [0.05, 0.1) is 30.5 Å². The zero-order chi connectivity index (χ0) is 12.0. The summed E-state index contributed by atoms with van der Waals surface area (Å²) in [6, 6.07) is 5.95. The van der Waals surface area contributed by atoms with Crippen molar-refractivity contribution in [2.45, 2.75) is 0 Å². The van der Waals surface area contributed by atoms with E-state index in [0.717, 1.165) is 6.07 Å². The molecule has 5 heteroatoms. The molecule has 16 heavy (non-hydrogen) atoms. The molecule has 1 rings (SSSR count). The highest BCUT2D eigenvalue weighted by Crippen LogP contribution is 2.19. The van der Waals surface area contributed by atoms with Crippen molar-refractivity contribution in [1.82, 2.24) is 0 Å². The van der Waals surface area contributed by atoms with E-state index in [-0.39, 0.29) is 37.6 Å². The first-order chi connectivity index (χ1) is 7.72. The highest BCUT2D eigenvalue weighted by Gasteiger charge is 2.11. The van der Waals surface area contributed by atoms with Crippen molar-refractivity contribution in [2.75, 3.05) is 31.2 Å². The molecule has 0 amide bonds. The number of nitriles is 1. The lowest BCUT2D eigenvalue weighted by Crippen LogP contribution is -2.30. The first-order valence-electron chi connectivity index (χ1n) is 4.89. The maximum absolute atomic E-state index is 13.6. The second-order valence-electron chi connectivity index (χ2n) is 3.21. The van der Waals surface area contributed by atoms with Crippen LogP contribution in [-0.2, 0) is 0 Å². The Morgan fingerprint density at radius 3 is 2.31 bits per heavy atom. The molecule has 0 saturated carbocycles. The quantitative estimate of drug-likeness (QED) is 0.763. The molecule has 0 atom stereocenters. The van der Waals surface area contributed by atoms with Crippen LogP contribution in [0, 0.1) is 17.1 Å². The Balaban J connectivity index is 2.96. The standard InChI is InChI=1S/C11H13FN2O2/c12-10-7-9(8-13)1-2-11(10)14(3-5-15)4-6-16/h1-2,7,15-16H,3-6H2. The van der Waals surface area contributed by atoms with Gasteiger partial charge in [-0.25, -0.2) is 4.39 Å². The average Bonchev–Trinajstić information content (AvgIpc) is 2.29. The van der Waals surface area contributed by atoms with Gasteiger partial charge in [-0.05, 0) is 18.2 Å². The Morgan fingerprint density at radius 1 is 1.25 bits per heavy atom. The van der Waals surface area contributed by atoms with Crippen LogP contribution in [0.2, 0.25) is 0 Å². The summed E-state index contributed by atoms with van der Waals surface area (Å²) in [6.07, 6.45) is 0. The van der Waals surface area contributed by atoms with Gasteiger partial charge in [-0.15, -0.1) is 0 Å². The first-order valence-corrected chi connectivity index (χ1v) is 4.89. The van der Waals surface area contributed by atoms with E-state index in [4.69, 9.17) is 15.5 Å². The van der Waals surface area contributed by atoms with Crippen LogP contribution in [-0.4, -0.2) is 36.5 Å². The summed E-state index contributed by atoms with van der Waals surface area (Å²) < 4.78 is 13.6. The predicted octanol–water partition coefficient (Wildman–Crippen LogP) is 0.488. The van der Waals surface area contributed by atoms with E-state index in [0.29, 0.717) is 0 Å². The van der Waals surface area contributed by atoms with Crippen molar-refractivity contribution >= 4 is 5.69 Å². The van der Waals surface area contributed by atoms with Crippen molar-refractivity contribution in [3.63, 3.8) is 0 Å². The van der Waals surface area contributed by atoms with Gasteiger partial charge in [0.2, 0.25) is 0 Å². The maximum Gasteiger partial charge on any atom is 0.147 e. The molecular formula is C11H13FN2O2. The minimum atomic E-state index is -0.527. The molecule has 2 N–H and O–H groups in total. The van der Waals surface area contributed by atoms with Crippen LogP contribution in [0.15, 0.2) is 18.2 Å². The van der Waals surface area contributed by atoms with Crippen molar-refractivity contribution < 1.29 is 14.6 Å². The molecule has 1 aromatic rings. The molecule has 0 bridgehead atoms. The van der Waals surface area contributed by atoms with Gasteiger partial charge < -0.3 is 15.1 Å². The summed E-state index contributed by atoms with van der Waals surface area (Å²) >= 11 is 0. The van der Waals surface area contributed by atoms with Gasteiger partial charge in [0, 0.05) is 13.1 Å². The maximum atomic E-state index is 13.6. The second-order valence-corrected chi connectivity index (χ2v) is 3.21. The van der Waals surface area contributed by atoms with Gasteiger partial charge in [0.1, 0.15) is 5.82 Å². The lowest BCUT2D eigenvalue weighted by Gasteiger charge is -2.23. The van der Waals surface area contributed by atoms with E-state index in [1.54, 1.807) is 0 Å². The van der Waals surface area contributed by atoms with E-state index in [1.165, 1.54) is 17.0 Å². The van der Waals surface area contributed by atoms with Gasteiger partial charge in [-0.2, -0.15) is 5.26 Å². The molecule has 0 aliphatic carbocycles. The average molecular weight is 224 g/mol. The van der Waals surface area contributed by atoms with Gasteiger partial charge in [-0.1, -0.05) is 0 Å². The molecule has 1 aromatic carbocycles. The summed E-state index contributed by atoms with van der Waals surface area (Å²) in [5.74, 6) is -0.527. The van der Waals surface area contributed by atoms with Crippen molar-refractivity contribution in [3.8, 4) is 6.07 Å². The van der Waals surface area contributed by atoms with E-state index in [9.17, 15) is 4.39 Å². The minimum absolute atomic E-state index is 0.126. The molecule has 0 aliphatic heterocycles. The number of nitrogens with zero attached hydrogens (tertiary/aromatic N) is 2. The molecule has 0 heterocycles. The molecule has 0 spiro atoms. The highest BCUT2D eigenvalue weighted by atomic mass is 19.1. The monoisotopic (exact) mass is 224 g/mol. The van der Waals surface area contributed by atoms with Crippen molar-refractivity contribution in [2.24, 2.45) is 0 Å². The van der Waals surface area contributed by atoms with Crippen molar-refractivity contribution in [3.05, 3.63) is 29.6 Å². The normalized spacial score (nSPS) is 9.88. The molecule has 0 unspecified atom stereocenters. The van der Waals surface area contributed by atoms with Crippen LogP contribution < -0.4 is 4.90 Å². The summed E-state index contributed by atoms with van der Waals surface area (Å²) in [5, 5.41) is 26.2. The van der Waals surface area contributed by atoms with Crippen LogP contribution in [0.1, 0.15) is 5.56 Å².